The molecule has 1 aliphatic heterocycles. The molecule has 3 aromatic rings. The number of nitrogens with zero attached hydrogens (tertiary/aromatic N) is 3. The highest BCUT2D eigenvalue weighted by molar-refractivity contribution is 5.83. The molecule has 0 unspecified atom stereocenters. The predicted octanol–water partition coefficient (Wildman–Crippen LogP) is 3.32. The van der Waals surface area contributed by atoms with Crippen LogP contribution in [0.4, 0.5) is 5.95 Å². The van der Waals surface area contributed by atoms with E-state index in [4.69, 9.17) is 4.74 Å². The summed E-state index contributed by atoms with van der Waals surface area (Å²) in [5.74, 6) is 0.791. The summed E-state index contributed by atoms with van der Waals surface area (Å²) in [6, 6.07) is 15.3. The van der Waals surface area contributed by atoms with Crippen molar-refractivity contribution in [2.75, 3.05) is 31.2 Å². The maximum atomic E-state index is 5.37. The third-order valence-electron chi connectivity index (χ3n) is 4.87. The van der Waals surface area contributed by atoms with Crippen LogP contribution in [0.15, 0.2) is 54.9 Å². The van der Waals surface area contributed by atoms with E-state index in [2.05, 4.69) is 69.6 Å². The van der Waals surface area contributed by atoms with E-state index in [0.717, 1.165) is 44.4 Å². The molecule has 1 fully saturated rings. The van der Waals surface area contributed by atoms with Crippen molar-refractivity contribution in [3.8, 4) is 0 Å². The van der Waals surface area contributed by atoms with Crippen LogP contribution < -0.4 is 10.2 Å². The monoisotopic (exact) mass is 348 g/mol. The Morgan fingerprint density at radius 1 is 1.04 bits per heavy atom. The first-order valence-corrected chi connectivity index (χ1v) is 9.15. The Balaban J connectivity index is 1.38. The number of benzene rings is 2. The van der Waals surface area contributed by atoms with Gasteiger partial charge in [0, 0.05) is 43.6 Å². The van der Waals surface area contributed by atoms with E-state index < -0.39 is 0 Å². The number of rotatable bonds is 5. The molecule has 2 aromatic carbocycles. The van der Waals surface area contributed by atoms with Gasteiger partial charge in [0.2, 0.25) is 5.95 Å². The van der Waals surface area contributed by atoms with Gasteiger partial charge >= 0.3 is 0 Å². The van der Waals surface area contributed by atoms with Gasteiger partial charge in [0.1, 0.15) is 0 Å². The average molecular weight is 348 g/mol. The lowest BCUT2D eigenvalue weighted by Gasteiger charge is -2.26. The zero-order valence-electron chi connectivity index (χ0n) is 15.1. The molecule has 5 nitrogen and oxygen atoms in total. The minimum absolute atomic E-state index is 0.263. The lowest BCUT2D eigenvalue weighted by molar-refractivity contribution is 0.122. The number of anilines is 1. The van der Waals surface area contributed by atoms with Crippen molar-refractivity contribution in [2.24, 2.45) is 0 Å². The van der Waals surface area contributed by atoms with Gasteiger partial charge in [-0.05, 0) is 29.3 Å². The second kappa shape index (κ2) is 7.81. The number of fused-ring (bicyclic) bond motifs is 1. The number of morpholine rings is 1. The Bertz CT molecular complexity index is 859. The summed E-state index contributed by atoms with van der Waals surface area (Å²) in [6.45, 7) is 6.14. The molecule has 0 bridgehead atoms. The van der Waals surface area contributed by atoms with E-state index in [9.17, 15) is 0 Å². The van der Waals surface area contributed by atoms with Gasteiger partial charge < -0.3 is 15.0 Å². The van der Waals surface area contributed by atoms with Gasteiger partial charge in [-0.15, -0.1) is 0 Å². The molecule has 0 spiro atoms. The van der Waals surface area contributed by atoms with Crippen LogP contribution in [0.3, 0.4) is 0 Å². The van der Waals surface area contributed by atoms with E-state index in [1.807, 2.05) is 12.4 Å². The van der Waals surface area contributed by atoms with Crippen LogP contribution in [0.25, 0.3) is 10.8 Å². The molecule has 4 rings (SSSR count). The first kappa shape index (κ1) is 16.9. The Labute approximate surface area is 154 Å². The fraction of sp³-hybridized carbons (Fsp3) is 0.333. The lowest BCUT2D eigenvalue weighted by Crippen LogP contribution is -2.37. The van der Waals surface area contributed by atoms with Crippen molar-refractivity contribution in [2.45, 2.75) is 19.5 Å². The van der Waals surface area contributed by atoms with Gasteiger partial charge in [0.15, 0.2) is 0 Å². The van der Waals surface area contributed by atoms with E-state index in [-0.39, 0.29) is 6.04 Å². The second-order valence-electron chi connectivity index (χ2n) is 6.70. The molecule has 1 atom stereocenters. The van der Waals surface area contributed by atoms with Crippen molar-refractivity contribution in [3.63, 3.8) is 0 Å². The van der Waals surface area contributed by atoms with Crippen molar-refractivity contribution in [1.29, 1.82) is 0 Å². The number of hydrogen-bond acceptors (Lipinski definition) is 5. The predicted molar refractivity (Wildman–Crippen MR) is 104 cm³/mol. The molecule has 2 heterocycles. The highest BCUT2D eigenvalue weighted by atomic mass is 16.5. The van der Waals surface area contributed by atoms with Crippen molar-refractivity contribution >= 4 is 16.7 Å². The van der Waals surface area contributed by atoms with Gasteiger partial charge in [-0.1, -0.05) is 36.4 Å². The van der Waals surface area contributed by atoms with Crippen LogP contribution in [0.5, 0.6) is 0 Å². The maximum absolute atomic E-state index is 5.37. The SMILES string of the molecule is C[C@H](NCc1cnc(N2CCOCC2)nc1)c1ccc2ccccc2c1. The summed E-state index contributed by atoms with van der Waals surface area (Å²) in [7, 11) is 0. The third-order valence-corrected chi connectivity index (χ3v) is 4.87. The molecular weight excluding hydrogens is 324 g/mol. The molecule has 0 radical (unpaired) electrons. The quantitative estimate of drug-likeness (QED) is 0.766. The lowest BCUT2D eigenvalue weighted by atomic mass is 10.0. The van der Waals surface area contributed by atoms with Crippen molar-refractivity contribution in [1.82, 2.24) is 15.3 Å². The molecule has 1 aromatic heterocycles. The largest absolute Gasteiger partial charge is 0.378 e. The van der Waals surface area contributed by atoms with E-state index in [1.54, 1.807) is 0 Å². The molecule has 1 saturated heterocycles. The normalized spacial score (nSPS) is 16.0. The molecule has 0 aliphatic carbocycles. The van der Waals surface area contributed by atoms with Crippen molar-refractivity contribution in [3.05, 3.63) is 66.0 Å². The van der Waals surface area contributed by atoms with Crippen LogP contribution in [-0.4, -0.2) is 36.3 Å². The van der Waals surface area contributed by atoms with Crippen molar-refractivity contribution < 1.29 is 4.74 Å². The highest BCUT2D eigenvalue weighted by Gasteiger charge is 2.13. The molecular formula is C21H24N4O. The van der Waals surface area contributed by atoms with Crippen LogP contribution in [0.1, 0.15) is 24.1 Å². The number of nitrogens with one attached hydrogen (secondary N) is 1. The van der Waals surface area contributed by atoms with Gasteiger partial charge in [-0.25, -0.2) is 9.97 Å². The number of aromatic nitrogens is 2. The Hall–Kier alpha value is -2.50. The van der Waals surface area contributed by atoms with Crippen LogP contribution in [0.2, 0.25) is 0 Å². The zero-order chi connectivity index (χ0) is 17.8. The molecule has 134 valence electrons. The van der Waals surface area contributed by atoms with Gasteiger partial charge in [0.05, 0.1) is 13.2 Å². The molecule has 0 saturated carbocycles. The van der Waals surface area contributed by atoms with E-state index in [1.165, 1.54) is 16.3 Å². The van der Waals surface area contributed by atoms with Crippen LogP contribution in [-0.2, 0) is 11.3 Å². The minimum atomic E-state index is 0.263. The minimum Gasteiger partial charge on any atom is -0.378 e. The fourth-order valence-corrected chi connectivity index (χ4v) is 3.23. The summed E-state index contributed by atoms with van der Waals surface area (Å²) >= 11 is 0. The molecule has 1 N–H and O–H groups in total. The topological polar surface area (TPSA) is 50.3 Å². The first-order chi connectivity index (χ1) is 12.8. The third kappa shape index (κ3) is 3.84. The number of ether oxygens (including phenoxy) is 1. The van der Waals surface area contributed by atoms with Crippen LogP contribution in [0, 0.1) is 0 Å². The van der Waals surface area contributed by atoms with Gasteiger partial charge in [-0.2, -0.15) is 0 Å². The zero-order valence-corrected chi connectivity index (χ0v) is 15.1. The number of hydrogen-bond donors (Lipinski definition) is 1. The summed E-state index contributed by atoms with van der Waals surface area (Å²) in [6.07, 6.45) is 3.83. The standard InChI is InChI=1S/C21H24N4O/c1-16(19-7-6-18-4-2-3-5-20(18)12-19)22-13-17-14-23-21(24-15-17)25-8-10-26-11-9-25/h2-7,12,14-16,22H,8-11,13H2,1H3/t16-/m0/s1. The summed E-state index contributed by atoms with van der Waals surface area (Å²) in [5.41, 5.74) is 2.38. The maximum Gasteiger partial charge on any atom is 0.225 e. The summed E-state index contributed by atoms with van der Waals surface area (Å²) in [5, 5.41) is 6.11. The molecule has 26 heavy (non-hydrogen) atoms. The highest BCUT2D eigenvalue weighted by Crippen LogP contribution is 2.20. The smallest absolute Gasteiger partial charge is 0.225 e. The van der Waals surface area contributed by atoms with E-state index in [0.29, 0.717) is 0 Å². The van der Waals surface area contributed by atoms with Gasteiger partial charge in [0.25, 0.3) is 0 Å². The average Bonchev–Trinajstić information content (AvgIpc) is 2.72. The Morgan fingerprint density at radius 3 is 2.54 bits per heavy atom. The summed E-state index contributed by atoms with van der Waals surface area (Å²) < 4.78 is 5.37. The Morgan fingerprint density at radius 2 is 1.77 bits per heavy atom. The van der Waals surface area contributed by atoms with Crippen LogP contribution >= 0.6 is 0 Å². The first-order valence-electron chi connectivity index (χ1n) is 9.15. The molecule has 0 amide bonds. The van der Waals surface area contributed by atoms with Gasteiger partial charge in [-0.3, -0.25) is 0 Å². The van der Waals surface area contributed by atoms with E-state index >= 15 is 0 Å². The second-order valence-corrected chi connectivity index (χ2v) is 6.70. The fourth-order valence-electron chi connectivity index (χ4n) is 3.23. The molecule has 5 heteroatoms. The Kier molecular flexibility index (Phi) is 5.09. The molecule has 1 aliphatic rings. The summed E-state index contributed by atoms with van der Waals surface area (Å²) in [4.78, 5) is 11.2.